The number of aliphatic carboxylic acids is 1. The van der Waals surface area contributed by atoms with Crippen LogP contribution in [-0.2, 0) is 17.8 Å². The van der Waals surface area contributed by atoms with Gasteiger partial charge in [-0.25, -0.2) is 0 Å². The van der Waals surface area contributed by atoms with Crippen molar-refractivity contribution in [1.82, 2.24) is 20.2 Å². The van der Waals surface area contributed by atoms with Crippen LogP contribution in [0.2, 0.25) is 5.02 Å². The van der Waals surface area contributed by atoms with Gasteiger partial charge in [0.05, 0.1) is 0 Å². The van der Waals surface area contributed by atoms with Gasteiger partial charge in [-0.05, 0) is 16.8 Å². The van der Waals surface area contributed by atoms with Gasteiger partial charge in [0.1, 0.15) is 0 Å². The van der Waals surface area contributed by atoms with E-state index in [0.29, 0.717) is 17.3 Å². The van der Waals surface area contributed by atoms with Crippen LogP contribution in [0.1, 0.15) is 11.4 Å². The Kier molecular flexibility index (Phi) is 3.34. The third-order valence-electron chi connectivity index (χ3n) is 2.08. The minimum atomic E-state index is -1.01. The third kappa shape index (κ3) is 3.01. The van der Waals surface area contributed by atoms with E-state index in [1.54, 1.807) is 6.07 Å². The topological polar surface area (TPSA) is 80.9 Å². The maximum Gasteiger partial charge on any atom is 0.327 e. The van der Waals surface area contributed by atoms with Crippen molar-refractivity contribution in [2.45, 2.75) is 13.0 Å². The number of benzene rings is 1. The Morgan fingerprint density at radius 2 is 2.18 bits per heavy atom. The molecule has 0 atom stereocenters. The summed E-state index contributed by atoms with van der Waals surface area (Å²) in [5.74, 6) is -0.564. The molecule has 0 saturated heterocycles. The molecule has 0 radical (unpaired) electrons. The summed E-state index contributed by atoms with van der Waals surface area (Å²) in [4.78, 5) is 11.5. The van der Waals surface area contributed by atoms with Crippen molar-refractivity contribution in [3.8, 4) is 0 Å². The lowest BCUT2D eigenvalue weighted by Crippen LogP contribution is -2.11. The number of carboxylic acid groups (broad SMARTS) is 1. The van der Waals surface area contributed by atoms with Gasteiger partial charge in [-0.3, -0.25) is 4.79 Å². The first-order valence-electron chi connectivity index (χ1n) is 4.87. The highest BCUT2D eigenvalue weighted by Gasteiger charge is 2.08. The minimum absolute atomic E-state index is 0.296. The molecule has 2 aromatic rings. The molecule has 0 spiro atoms. The van der Waals surface area contributed by atoms with Crippen LogP contribution in [0.3, 0.4) is 0 Å². The Morgan fingerprint density at radius 3 is 2.88 bits per heavy atom. The van der Waals surface area contributed by atoms with Gasteiger partial charge in [0, 0.05) is 11.4 Å². The Hall–Kier alpha value is -1.95. The number of carboxylic acids is 1. The van der Waals surface area contributed by atoms with Gasteiger partial charge in [-0.15, -0.1) is 10.2 Å². The van der Waals surface area contributed by atoms with E-state index in [1.165, 1.54) is 0 Å². The quantitative estimate of drug-likeness (QED) is 0.878. The van der Waals surface area contributed by atoms with Crippen molar-refractivity contribution in [3.05, 3.63) is 40.7 Å². The number of hydrogen-bond acceptors (Lipinski definition) is 4. The summed E-state index contributed by atoms with van der Waals surface area (Å²) in [5.41, 5.74) is 0.879. The molecular formula is C10H9ClN4O2. The highest BCUT2D eigenvalue weighted by atomic mass is 35.5. The van der Waals surface area contributed by atoms with Crippen molar-refractivity contribution < 1.29 is 9.90 Å². The molecule has 0 amide bonds. The Morgan fingerprint density at radius 1 is 1.41 bits per heavy atom. The van der Waals surface area contributed by atoms with E-state index < -0.39 is 5.97 Å². The number of hydrogen-bond donors (Lipinski definition) is 1. The average Bonchev–Trinajstić information content (AvgIpc) is 2.68. The first-order valence-corrected chi connectivity index (χ1v) is 5.25. The van der Waals surface area contributed by atoms with E-state index >= 15 is 0 Å². The fourth-order valence-electron chi connectivity index (χ4n) is 1.35. The van der Waals surface area contributed by atoms with E-state index in [2.05, 4.69) is 15.4 Å². The van der Waals surface area contributed by atoms with Crippen molar-refractivity contribution in [1.29, 1.82) is 0 Å². The Bertz CT molecular complexity index is 541. The second-order valence-electron chi connectivity index (χ2n) is 3.40. The smallest absolute Gasteiger partial charge is 0.327 e. The molecule has 1 aromatic heterocycles. The molecule has 0 fully saturated rings. The lowest BCUT2D eigenvalue weighted by atomic mass is 10.1. The molecule has 0 unspecified atom stereocenters. The van der Waals surface area contributed by atoms with Gasteiger partial charge in [0.15, 0.2) is 12.4 Å². The molecule has 17 heavy (non-hydrogen) atoms. The molecule has 0 saturated carbocycles. The fraction of sp³-hybridized carbons (Fsp3) is 0.200. The normalized spacial score (nSPS) is 10.4. The van der Waals surface area contributed by atoms with E-state index in [1.807, 2.05) is 18.2 Å². The van der Waals surface area contributed by atoms with Crippen molar-refractivity contribution >= 4 is 17.6 Å². The molecule has 2 rings (SSSR count). The van der Waals surface area contributed by atoms with Gasteiger partial charge in [-0.1, -0.05) is 29.8 Å². The summed E-state index contributed by atoms with van der Waals surface area (Å²) in [6.07, 6.45) is 0.430. The van der Waals surface area contributed by atoms with E-state index in [9.17, 15) is 4.79 Å². The number of tetrazole rings is 1. The van der Waals surface area contributed by atoms with Crippen LogP contribution >= 0.6 is 11.6 Å². The summed E-state index contributed by atoms with van der Waals surface area (Å²) >= 11 is 5.99. The lowest BCUT2D eigenvalue weighted by molar-refractivity contribution is -0.138. The zero-order chi connectivity index (χ0) is 12.3. The van der Waals surface area contributed by atoms with Gasteiger partial charge in [-0.2, -0.15) is 4.80 Å². The maximum atomic E-state index is 10.4. The van der Waals surface area contributed by atoms with Gasteiger partial charge in [0.25, 0.3) is 0 Å². The second kappa shape index (κ2) is 4.92. The standard InChI is InChI=1S/C10H9ClN4O2/c11-8-4-2-1-3-7(8)5-9-12-14-15(13-9)6-10(16)17/h1-4H,5-6H2,(H,16,17). The SMILES string of the molecule is O=C(O)Cn1nnc(Cc2ccccc2Cl)n1. The predicted molar refractivity (Wildman–Crippen MR) is 59.7 cm³/mol. The molecule has 1 N–H and O–H groups in total. The van der Waals surface area contributed by atoms with Gasteiger partial charge < -0.3 is 5.11 Å². The largest absolute Gasteiger partial charge is 0.480 e. The van der Waals surface area contributed by atoms with Crippen LogP contribution < -0.4 is 0 Å². The number of aromatic nitrogens is 4. The highest BCUT2D eigenvalue weighted by molar-refractivity contribution is 6.31. The van der Waals surface area contributed by atoms with Crippen LogP contribution in [0.25, 0.3) is 0 Å². The van der Waals surface area contributed by atoms with Gasteiger partial charge >= 0.3 is 5.97 Å². The summed E-state index contributed by atoms with van der Waals surface area (Å²) in [7, 11) is 0. The van der Waals surface area contributed by atoms with Crippen LogP contribution in [0.4, 0.5) is 0 Å². The van der Waals surface area contributed by atoms with Crippen molar-refractivity contribution in [2.75, 3.05) is 0 Å². The van der Waals surface area contributed by atoms with Crippen molar-refractivity contribution in [3.63, 3.8) is 0 Å². The van der Waals surface area contributed by atoms with Crippen LogP contribution in [0.15, 0.2) is 24.3 Å². The summed E-state index contributed by atoms with van der Waals surface area (Å²) in [6.45, 7) is -0.296. The maximum absolute atomic E-state index is 10.4. The zero-order valence-electron chi connectivity index (χ0n) is 8.75. The van der Waals surface area contributed by atoms with Crippen LogP contribution in [0.5, 0.6) is 0 Å². The number of nitrogens with zero attached hydrogens (tertiary/aromatic N) is 4. The number of carbonyl (C=O) groups is 1. The van der Waals surface area contributed by atoms with E-state index in [-0.39, 0.29) is 6.54 Å². The monoisotopic (exact) mass is 252 g/mol. The molecule has 0 aliphatic carbocycles. The third-order valence-corrected chi connectivity index (χ3v) is 2.45. The first-order chi connectivity index (χ1) is 8.15. The zero-order valence-corrected chi connectivity index (χ0v) is 9.50. The van der Waals surface area contributed by atoms with Crippen molar-refractivity contribution in [2.24, 2.45) is 0 Å². The highest BCUT2D eigenvalue weighted by Crippen LogP contribution is 2.16. The molecule has 7 heteroatoms. The molecule has 1 aromatic carbocycles. The molecule has 0 aliphatic rings. The van der Waals surface area contributed by atoms with Crippen LogP contribution in [0, 0.1) is 0 Å². The fourth-order valence-corrected chi connectivity index (χ4v) is 1.55. The number of halogens is 1. The minimum Gasteiger partial charge on any atom is -0.480 e. The second-order valence-corrected chi connectivity index (χ2v) is 3.81. The summed E-state index contributed by atoms with van der Waals surface area (Å²) in [5, 5.41) is 20.5. The van der Waals surface area contributed by atoms with E-state index in [0.717, 1.165) is 10.4 Å². The average molecular weight is 253 g/mol. The first kappa shape index (κ1) is 11.5. The number of rotatable bonds is 4. The molecule has 6 nitrogen and oxygen atoms in total. The molecule has 1 heterocycles. The lowest BCUT2D eigenvalue weighted by Gasteiger charge is -1.99. The van der Waals surface area contributed by atoms with E-state index in [4.69, 9.17) is 16.7 Å². The van der Waals surface area contributed by atoms with Crippen LogP contribution in [-0.4, -0.2) is 31.3 Å². The summed E-state index contributed by atoms with van der Waals surface area (Å²) < 4.78 is 0. The predicted octanol–water partition coefficient (Wildman–Crippen LogP) is 1.00. The Labute approximate surface area is 102 Å². The molecule has 88 valence electrons. The van der Waals surface area contributed by atoms with Gasteiger partial charge in [0.2, 0.25) is 0 Å². The summed E-state index contributed by atoms with van der Waals surface area (Å²) in [6, 6.07) is 7.34. The Balaban J connectivity index is 2.12. The molecular weight excluding hydrogens is 244 g/mol. The molecule has 0 bridgehead atoms. The molecule has 0 aliphatic heterocycles.